The van der Waals surface area contributed by atoms with E-state index in [0.29, 0.717) is 6.42 Å². The highest BCUT2D eigenvalue weighted by atomic mass is 16.7. The van der Waals surface area contributed by atoms with Gasteiger partial charge in [0.05, 0.1) is 32.0 Å². The van der Waals surface area contributed by atoms with Crippen LogP contribution in [-0.4, -0.2) is 140 Å². The topological polar surface area (TPSA) is 228 Å². The van der Waals surface area contributed by atoms with Crippen LogP contribution in [0.5, 0.6) is 0 Å². The highest BCUT2D eigenvalue weighted by molar-refractivity contribution is 5.76. The van der Waals surface area contributed by atoms with Gasteiger partial charge in [-0.15, -0.1) is 0 Å². The van der Waals surface area contributed by atoms with E-state index in [1.54, 1.807) is 6.08 Å². The molecule has 14 heteroatoms. The molecule has 456 valence electrons. The van der Waals surface area contributed by atoms with E-state index in [9.17, 15) is 45.6 Å². The van der Waals surface area contributed by atoms with Crippen LogP contribution in [0.4, 0.5) is 0 Å². The predicted octanol–water partition coefficient (Wildman–Crippen LogP) is 11.8. The summed E-state index contributed by atoms with van der Waals surface area (Å²) < 4.78 is 22.8. The summed E-state index contributed by atoms with van der Waals surface area (Å²) >= 11 is 0. The minimum atomic E-state index is -1.79. The Hall–Kier alpha value is -1.27. The van der Waals surface area contributed by atoms with E-state index in [1.165, 1.54) is 225 Å². The summed E-state index contributed by atoms with van der Waals surface area (Å²) in [6, 6.07) is -0.909. The zero-order valence-corrected chi connectivity index (χ0v) is 49.2. The summed E-state index contributed by atoms with van der Waals surface area (Å²) in [6.07, 6.45) is 41.3. The second-order valence-electron chi connectivity index (χ2n) is 23.3. The van der Waals surface area contributed by atoms with Crippen molar-refractivity contribution in [1.29, 1.82) is 0 Å². The number of ether oxygens (including phenoxy) is 4. The number of hydrogen-bond acceptors (Lipinski definition) is 13. The van der Waals surface area contributed by atoms with Crippen LogP contribution in [0.2, 0.25) is 0 Å². The van der Waals surface area contributed by atoms with Crippen LogP contribution in [0.25, 0.3) is 0 Å². The minimum absolute atomic E-state index is 0.234. The molecular formula is C63H121NO13. The van der Waals surface area contributed by atoms with Gasteiger partial charge < -0.3 is 65.1 Å². The first-order valence-electron chi connectivity index (χ1n) is 32.4. The van der Waals surface area contributed by atoms with E-state index >= 15 is 0 Å². The third-order valence-electron chi connectivity index (χ3n) is 16.2. The number of carbonyl (C=O) groups excluding carboxylic acids is 1. The molecule has 0 bridgehead atoms. The molecule has 0 aromatic carbocycles. The van der Waals surface area contributed by atoms with Crippen LogP contribution in [0, 0.1) is 0 Å². The normalized spacial score (nSPS) is 24.7. The molecule has 0 radical (unpaired) electrons. The number of allylic oxidation sites excluding steroid dienone is 1. The number of rotatable bonds is 53. The molecule has 2 fully saturated rings. The Labute approximate surface area is 469 Å². The predicted molar refractivity (Wildman–Crippen MR) is 309 cm³/mol. The van der Waals surface area contributed by atoms with Crippen molar-refractivity contribution in [3.05, 3.63) is 12.2 Å². The fourth-order valence-corrected chi connectivity index (χ4v) is 11.0. The summed E-state index contributed by atoms with van der Waals surface area (Å²) in [5.41, 5.74) is 0. The molecule has 2 aliphatic heterocycles. The molecule has 2 saturated heterocycles. The first kappa shape index (κ1) is 71.8. The maximum Gasteiger partial charge on any atom is 0.220 e. The van der Waals surface area contributed by atoms with Crippen LogP contribution in [-0.2, 0) is 23.7 Å². The van der Waals surface area contributed by atoms with Gasteiger partial charge in [0.15, 0.2) is 12.6 Å². The second-order valence-corrected chi connectivity index (χ2v) is 23.3. The van der Waals surface area contributed by atoms with E-state index in [4.69, 9.17) is 18.9 Å². The maximum atomic E-state index is 13.2. The Morgan fingerprint density at radius 1 is 0.455 bits per heavy atom. The van der Waals surface area contributed by atoms with Gasteiger partial charge in [0.2, 0.25) is 5.91 Å². The van der Waals surface area contributed by atoms with Gasteiger partial charge >= 0.3 is 0 Å². The second kappa shape index (κ2) is 49.3. The molecule has 0 aliphatic carbocycles. The number of hydrogen-bond donors (Lipinski definition) is 9. The van der Waals surface area contributed by atoms with Crippen LogP contribution in [0.3, 0.4) is 0 Å². The fraction of sp³-hybridized carbons (Fsp3) is 0.952. The van der Waals surface area contributed by atoms with Gasteiger partial charge in [-0.05, 0) is 19.3 Å². The van der Waals surface area contributed by atoms with Gasteiger partial charge in [-0.2, -0.15) is 0 Å². The molecule has 14 nitrogen and oxygen atoms in total. The zero-order chi connectivity index (χ0) is 56.0. The van der Waals surface area contributed by atoms with E-state index < -0.39 is 86.8 Å². The van der Waals surface area contributed by atoms with Gasteiger partial charge in [0.25, 0.3) is 0 Å². The first-order valence-corrected chi connectivity index (χ1v) is 32.4. The van der Waals surface area contributed by atoms with Gasteiger partial charge in [0, 0.05) is 6.42 Å². The standard InChI is InChI=1S/C63H121NO13/c1-3-5-7-9-11-13-15-17-19-20-21-22-23-24-25-26-27-28-29-30-31-32-33-34-36-38-40-42-44-46-52(67)51(64-55(68)47-45-43-41-39-37-35-18-16-14-12-10-8-6-4-2)50-74-62-60(73)58(71)61(54(49-66)76-62)77-63-59(72)57(70)56(69)53(48-65)75-63/h44,46,51-54,56-63,65-67,69-73H,3-43,45,47-50H2,1-2H3,(H,64,68)/b46-44+. The monoisotopic (exact) mass is 1100 g/mol. The largest absolute Gasteiger partial charge is 0.394 e. The van der Waals surface area contributed by atoms with Gasteiger partial charge in [-0.25, -0.2) is 0 Å². The molecule has 0 aromatic rings. The summed E-state index contributed by atoms with van der Waals surface area (Å²) in [6.45, 7) is 2.83. The molecule has 2 aliphatic rings. The van der Waals surface area contributed by atoms with E-state index in [2.05, 4.69) is 19.2 Å². The Morgan fingerprint density at radius 2 is 0.805 bits per heavy atom. The number of amides is 1. The Kier molecular flexibility index (Phi) is 46.0. The maximum absolute atomic E-state index is 13.2. The Morgan fingerprint density at radius 3 is 1.19 bits per heavy atom. The lowest BCUT2D eigenvalue weighted by molar-refractivity contribution is -0.359. The lowest BCUT2D eigenvalue weighted by atomic mass is 9.97. The SMILES string of the molecule is CCCCCCCCCCCCCCCCCCCCCCCCCCCCC/C=C/C(O)C(COC1OC(CO)C(OC2OC(CO)C(O)C(O)C2O)C(O)C1O)NC(=O)CCCCCCCCCCCCCCCC. The molecule has 12 atom stereocenters. The smallest absolute Gasteiger partial charge is 0.220 e. The van der Waals surface area contributed by atoms with Crippen LogP contribution in [0.15, 0.2) is 12.2 Å². The van der Waals surface area contributed by atoms with Crippen LogP contribution >= 0.6 is 0 Å². The van der Waals surface area contributed by atoms with E-state index in [-0.39, 0.29) is 18.9 Å². The molecule has 1 amide bonds. The number of aliphatic hydroxyl groups is 8. The van der Waals surface area contributed by atoms with Gasteiger partial charge in [-0.3, -0.25) is 4.79 Å². The van der Waals surface area contributed by atoms with Crippen LogP contribution in [0.1, 0.15) is 290 Å². The molecule has 0 aromatic heterocycles. The molecule has 2 rings (SSSR count). The third-order valence-corrected chi connectivity index (χ3v) is 16.2. The van der Waals surface area contributed by atoms with Crippen molar-refractivity contribution in [2.45, 2.75) is 364 Å². The van der Waals surface area contributed by atoms with Gasteiger partial charge in [0.1, 0.15) is 48.8 Å². The van der Waals surface area contributed by atoms with Crippen LogP contribution < -0.4 is 5.32 Å². The summed E-state index contributed by atoms with van der Waals surface area (Å²) in [5.74, 6) is -0.234. The van der Waals surface area contributed by atoms with E-state index in [0.717, 1.165) is 38.5 Å². The third kappa shape index (κ3) is 34.7. The summed E-state index contributed by atoms with van der Waals surface area (Å²) in [4.78, 5) is 13.2. The molecular weight excluding hydrogens is 979 g/mol. The van der Waals surface area contributed by atoms with Crippen molar-refractivity contribution >= 4 is 5.91 Å². The van der Waals surface area contributed by atoms with E-state index in [1.807, 2.05) is 6.08 Å². The molecule has 0 saturated carbocycles. The number of unbranched alkanes of at least 4 members (excludes halogenated alkanes) is 40. The number of aliphatic hydroxyl groups excluding tert-OH is 8. The zero-order valence-electron chi connectivity index (χ0n) is 49.2. The van der Waals surface area contributed by atoms with Crippen molar-refractivity contribution in [3.63, 3.8) is 0 Å². The Bertz CT molecular complexity index is 1340. The van der Waals surface area contributed by atoms with Crippen molar-refractivity contribution in [3.8, 4) is 0 Å². The van der Waals surface area contributed by atoms with Gasteiger partial charge in [-0.1, -0.05) is 276 Å². The number of nitrogens with one attached hydrogen (secondary N) is 1. The average molecular weight is 1100 g/mol. The quantitative estimate of drug-likeness (QED) is 0.0204. The summed E-state index contributed by atoms with van der Waals surface area (Å²) in [5, 5.41) is 87.2. The molecule has 12 unspecified atom stereocenters. The average Bonchev–Trinajstić information content (AvgIpc) is 3.43. The van der Waals surface area contributed by atoms with Crippen molar-refractivity contribution in [2.75, 3.05) is 19.8 Å². The summed E-state index contributed by atoms with van der Waals surface area (Å²) in [7, 11) is 0. The lowest BCUT2D eigenvalue weighted by Crippen LogP contribution is -2.65. The molecule has 77 heavy (non-hydrogen) atoms. The van der Waals surface area contributed by atoms with Crippen molar-refractivity contribution in [1.82, 2.24) is 5.32 Å². The Balaban J connectivity index is 1.68. The molecule has 0 spiro atoms. The molecule has 2 heterocycles. The first-order chi connectivity index (χ1) is 37.6. The fourth-order valence-electron chi connectivity index (χ4n) is 11.0. The molecule has 9 N–H and O–H groups in total. The highest BCUT2D eigenvalue weighted by Gasteiger charge is 2.51. The van der Waals surface area contributed by atoms with Crippen molar-refractivity contribution < 1.29 is 64.6 Å². The van der Waals surface area contributed by atoms with Crippen molar-refractivity contribution in [2.24, 2.45) is 0 Å². The number of carbonyl (C=O) groups is 1. The highest BCUT2D eigenvalue weighted by Crippen LogP contribution is 2.30. The lowest BCUT2D eigenvalue weighted by Gasteiger charge is -2.46. The minimum Gasteiger partial charge on any atom is -0.394 e.